The molecular weight excluding hydrogens is 216 g/mol. The van der Waals surface area contributed by atoms with Gasteiger partial charge < -0.3 is 0 Å². The molecule has 0 saturated carbocycles. The molecule has 0 amide bonds. The molecule has 1 unspecified atom stereocenters. The van der Waals surface area contributed by atoms with Gasteiger partial charge in [0.05, 0.1) is 0 Å². The Morgan fingerprint density at radius 3 is 2.44 bits per heavy atom. The molecule has 0 spiro atoms. The Kier molecular flexibility index (Phi) is 4.86. The van der Waals surface area contributed by atoms with Crippen LogP contribution >= 0.6 is 11.6 Å². The van der Waals surface area contributed by atoms with Gasteiger partial charge in [0.2, 0.25) is 0 Å². The molecule has 0 aliphatic rings. The van der Waals surface area contributed by atoms with E-state index in [-0.39, 0.29) is 0 Å². The van der Waals surface area contributed by atoms with Gasteiger partial charge in [0.1, 0.15) is 0 Å². The Morgan fingerprint density at radius 2 is 1.94 bits per heavy atom. The zero-order valence-electron chi connectivity index (χ0n) is 10.9. The summed E-state index contributed by atoms with van der Waals surface area (Å²) < 4.78 is 0. The van der Waals surface area contributed by atoms with Gasteiger partial charge in [-0.25, -0.2) is 0 Å². The Morgan fingerprint density at radius 1 is 1.25 bits per heavy atom. The maximum atomic E-state index is 6.08. The van der Waals surface area contributed by atoms with Gasteiger partial charge in [-0.15, -0.1) is 11.6 Å². The van der Waals surface area contributed by atoms with Crippen LogP contribution in [0.25, 0.3) is 0 Å². The van der Waals surface area contributed by atoms with Crippen molar-refractivity contribution in [2.75, 3.05) is 5.88 Å². The average Bonchev–Trinajstić information content (AvgIpc) is 2.17. The SMILES string of the molecule is Cc1cccc(C(CCl)CCC(C)(C)C)c1. The van der Waals surface area contributed by atoms with Crippen molar-refractivity contribution in [2.45, 2.75) is 46.5 Å². The molecule has 90 valence electrons. The van der Waals surface area contributed by atoms with Crippen LogP contribution < -0.4 is 0 Å². The van der Waals surface area contributed by atoms with Crippen LogP contribution in [0.5, 0.6) is 0 Å². The molecule has 1 aromatic carbocycles. The lowest BCUT2D eigenvalue weighted by atomic mass is 9.85. The summed E-state index contributed by atoms with van der Waals surface area (Å²) in [4.78, 5) is 0. The number of hydrogen-bond donors (Lipinski definition) is 0. The number of hydrogen-bond acceptors (Lipinski definition) is 0. The molecule has 0 bridgehead atoms. The van der Waals surface area contributed by atoms with E-state index < -0.39 is 0 Å². The van der Waals surface area contributed by atoms with E-state index in [4.69, 9.17) is 11.6 Å². The molecule has 16 heavy (non-hydrogen) atoms. The molecule has 0 heterocycles. The summed E-state index contributed by atoms with van der Waals surface area (Å²) in [6.45, 7) is 9.00. The quantitative estimate of drug-likeness (QED) is 0.637. The van der Waals surface area contributed by atoms with Crippen molar-refractivity contribution in [3.05, 3.63) is 35.4 Å². The maximum absolute atomic E-state index is 6.08. The van der Waals surface area contributed by atoms with Gasteiger partial charge in [-0.3, -0.25) is 0 Å². The van der Waals surface area contributed by atoms with E-state index in [0.717, 1.165) is 5.88 Å². The highest BCUT2D eigenvalue weighted by Crippen LogP contribution is 2.29. The first kappa shape index (κ1) is 13.6. The minimum Gasteiger partial charge on any atom is -0.126 e. The minimum absolute atomic E-state index is 0.397. The van der Waals surface area contributed by atoms with E-state index in [1.165, 1.54) is 24.0 Å². The summed E-state index contributed by atoms with van der Waals surface area (Å²) in [5.41, 5.74) is 3.11. The largest absolute Gasteiger partial charge is 0.126 e. The highest BCUT2D eigenvalue weighted by Gasteiger charge is 2.16. The van der Waals surface area contributed by atoms with Crippen molar-refractivity contribution in [1.29, 1.82) is 0 Å². The van der Waals surface area contributed by atoms with Gasteiger partial charge in [0.25, 0.3) is 0 Å². The molecular formula is C15H23Cl. The summed E-state index contributed by atoms with van der Waals surface area (Å²) in [6.07, 6.45) is 2.40. The molecule has 0 nitrogen and oxygen atoms in total. The summed E-state index contributed by atoms with van der Waals surface area (Å²) in [5, 5.41) is 0. The molecule has 0 radical (unpaired) electrons. The molecule has 0 aliphatic heterocycles. The van der Waals surface area contributed by atoms with Crippen molar-refractivity contribution >= 4 is 11.6 Å². The molecule has 1 rings (SSSR count). The molecule has 0 aromatic heterocycles. The van der Waals surface area contributed by atoms with Gasteiger partial charge in [-0.1, -0.05) is 50.6 Å². The van der Waals surface area contributed by atoms with Gasteiger partial charge in [-0.2, -0.15) is 0 Å². The normalized spacial score (nSPS) is 13.8. The Labute approximate surface area is 105 Å². The zero-order chi connectivity index (χ0) is 12.2. The van der Waals surface area contributed by atoms with Gasteiger partial charge >= 0.3 is 0 Å². The van der Waals surface area contributed by atoms with Crippen LogP contribution in [0.15, 0.2) is 24.3 Å². The number of aryl methyl sites for hydroxylation is 1. The number of rotatable bonds is 4. The second-order valence-corrected chi connectivity index (χ2v) is 6.17. The second-order valence-electron chi connectivity index (χ2n) is 5.86. The summed E-state index contributed by atoms with van der Waals surface area (Å²) in [7, 11) is 0. The van der Waals surface area contributed by atoms with E-state index in [1.807, 2.05) is 0 Å². The third kappa shape index (κ3) is 4.57. The molecule has 0 aliphatic carbocycles. The summed E-state index contributed by atoms with van der Waals surface area (Å²) in [5.74, 6) is 1.22. The van der Waals surface area contributed by atoms with E-state index in [1.54, 1.807) is 0 Å². The number of benzene rings is 1. The van der Waals surface area contributed by atoms with Crippen molar-refractivity contribution < 1.29 is 0 Å². The third-order valence-corrected chi connectivity index (χ3v) is 3.32. The van der Waals surface area contributed by atoms with Crippen LogP contribution in [0, 0.1) is 12.3 Å². The Balaban J connectivity index is 2.68. The average molecular weight is 239 g/mol. The van der Waals surface area contributed by atoms with Crippen LogP contribution in [-0.2, 0) is 0 Å². The smallest absolute Gasteiger partial charge is 0.0292 e. The van der Waals surface area contributed by atoms with Gasteiger partial charge in [-0.05, 0) is 36.7 Å². The first-order valence-corrected chi connectivity index (χ1v) is 6.58. The first-order chi connectivity index (χ1) is 7.42. The van der Waals surface area contributed by atoms with Crippen molar-refractivity contribution in [1.82, 2.24) is 0 Å². The van der Waals surface area contributed by atoms with Crippen LogP contribution in [0.2, 0.25) is 0 Å². The van der Waals surface area contributed by atoms with Crippen LogP contribution in [-0.4, -0.2) is 5.88 Å². The second kappa shape index (κ2) is 5.72. The number of halogens is 1. The van der Waals surface area contributed by atoms with Gasteiger partial charge in [0.15, 0.2) is 0 Å². The minimum atomic E-state index is 0.397. The van der Waals surface area contributed by atoms with E-state index in [0.29, 0.717) is 11.3 Å². The fourth-order valence-electron chi connectivity index (χ4n) is 1.86. The van der Waals surface area contributed by atoms with Crippen LogP contribution in [0.1, 0.15) is 50.7 Å². The van der Waals surface area contributed by atoms with E-state index in [2.05, 4.69) is 52.0 Å². The Bertz CT molecular complexity index is 322. The zero-order valence-corrected chi connectivity index (χ0v) is 11.6. The lowest BCUT2D eigenvalue weighted by Gasteiger charge is -2.22. The molecule has 1 aromatic rings. The van der Waals surface area contributed by atoms with Crippen molar-refractivity contribution in [3.63, 3.8) is 0 Å². The van der Waals surface area contributed by atoms with E-state index >= 15 is 0 Å². The maximum Gasteiger partial charge on any atom is 0.0292 e. The van der Waals surface area contributed by atoms with Crippen molar-refractivity contribution in [2.24, 2.45) is 5.41 Å². The fraction of sp³-hybridized carbons (Fsp3) is 0.600. The lowest BCUT2D eigenvalue weighted by molar-refractivity contribution is 0.353. The predicted octanol–water partition coefficient (Wildman–Crippen LogP) is 5.14. The molecule has 0 saturated heterocycles. The highest BCUT2D eigenvalue weighted by atomic mass is 35.5. The molecule has 1 heteroatoms. The predicted molar refractivity (Wildman–Crippen MR) is 73.3 cm³/mol. The Hall–Kier alpha value is -0.490. The lowest BCUT2D eigenvalue weighted by Crippen LogP contribution is -2.09. The molecule has 1 atom stereocenters. The van der Waals surface area contributed by atoms with Crippen molar-refractivity contribution in [3.8, 4) is 0 Å². The van der Waals surface area contributed by atoms with E-state index in [9.17, 15) is 0 Å². The van der Waals surface area contributed by atoms with Crippen LogP contribution in [0.4, 0.5) is 0 Å². The highest BCUT2D eigenvalue weighted by molar-refractivity contribution is 6.18. The van der Waals surface area contributed by atoms with Crippen LogP contribution in [0.3, 0.4) is 0 Å². The molecule has 0 fully saturated rings. The van der Waals surface area contributed by atoms with Gasteiger partial charge in [0, 0.05) is 5.88 Å². The molecule has 0 N–H and O–H groups in total. The monoisotopic (exact) mass is 238 g/mol. The summed E-state index contributed by atoms with van der Waals surface area (Å²) >= 11 is 6.08. The summed E-state index contributed by atoms with van der Waals surface area (Å²) in [6, 6.07) is 8.72. The standard InChI is InChI=1S/C15H23Cl/c1-12-6-5-7-13(10-12)14(11-16)8-9-15(2,3)4/h5-7,10,14H,8-9,11H2,1-4H3. The third-order valence-electron chi connectivity index (χ3n) is 2.94. The first-order valence-electron chi connectivity index (χ1n) is 6.05. The topological polar surface area (TPSA) is 0 Å². The fourth-order valence-corrected chi connectivity index (χ4v) is 2.20. The number of alkyl halides is 1.